The van der Waals surface area contributed by atoms with Gasteiger partial charge < -0.3 is 40.7 Å². The molecule has 2 aliphatic rings. The number of benzene rings is 1. The van der Waals surface area contributed by atoms with E-state index in [4.69, 9.17) is 9.47 Å². The van der Waals surface area contributed by atoms with Crippen molar-refractivity contribution in [2.24, 2.45) is 5.92 Å². The summed E-state index contributed by atoms with van der Waals surface area (Å²) < 4.78 is 11.2. The van der Waals surface area contributed by atoms with Crippen LogP contribution in [-0.2, 0) is 35.1 Å². The van der Waals surface area contributed by atoms with Crippen LogP contribution in [0.1, 0.15) is 64.9 Å². The second kappa shape index (κ2) is 18.3. The van der Waals surface area contributed by atoms with Gasteiger partial charge in [-0.1, -0.05) is 26.0 Å². The summed E-state index contributed by atoms with van der Waals surface area (Å²) in [5.74, 6) is -1.42. The van der Waals surface area contributed by atoms with Crippen LogP contribution in [0.25, 0.3) is 0 Å². The lowest BCUT2D eigenvalue weighted by Gasteiger charge is -2.26. The van der Waals surface area contributed by atoms with Gasteiger partial charge >= 0.3 is 0 Å². The number of aliphatic hydroxyl groups excluding tert-OH is 1. The minimum absolute atomic E-state index is 0.0350. The molecule has 2 bridgehead atoms. The van der Waals surface area contributed by atoms with Gasteiger partial charge in [0.1, 0.15) is 23.9 Å². The summed E-state index contributed by atoms with van der Waals surface area (Å²) in [5, 5.41) is 21.3. The van der Waals surface area contributed by atoms with Crippen LogP contribution in [0, 0.1) is 5.92 Å². The molecule has 1 saturated heterocycles. The highest BCUT2D eigenvalue weighted by Gasteiger charge is 2.31. The molecule has 1 fully saturated rings. The van der Waals surface area contributed by atoms with Crippen LogP contribution in [0.15, 0.2) is 24.3 Å². The molecule has 1 aromatic rings. The summed E-state index contributed by atoms with van der Waals surface area (Å²) >= 11 is 0. The summed E-state index contributed by atoms with van der Waals surface area (Å²) in [6.07, 6.45) is 1.86. The zero-order valence-corrected chi connectivity index (χ0v) is 26.6. The molecule has 0 saturated carbocycles. The number of aliphatic hydroxyl groups is 1. The van der Waals surface area contributed by atoms with E-state index in [-0.39, 0.29) is 37.3 Å². The van der Waals surface area contributed by atoms with Crippen LogP contribution in [0.3, 0.4) is 0 Å². The van der Waals surface area contributed by atoms with Gasteiger partial charge in [-0.05, 0) is 69.1 Å². The molecular formula is C32H49N5O8. The number of rotatable bonds is 4. The van der Waals surface area contributed by atoms with E-state index >= 15 is 0 Å². The lowest BCUT2D eigenvalue weighted by Crippen LogP contribution is -2.57. The summed E-state index contributed by atoms with van der Waals surface area (Å²) in [4.78, 5) is 66.4. The summed E-state index contributed by atoms with van der Waals surface area (Å²) in [7, 11) is 0. The SMILES string of the molecule is CC(C)C[C@H]1NC(=O)Cc2cccc(c2)OCC(=O)NCCCN(C(=O)[C@H]2CCCO2)CCCCNC(=O)[C@H]([C@@H](C)O)NC1=O. The topological polar surface area (TPSA) is 175 Å². The Labute approximate surface area is 265 Å². The molecule has 4 atom stereocenters. The predicted octanol–water partition coefficient (Wildman–Crippen LogP) is 0.428. The van der Waals surface area contributed by atoms with Crippen molar-refractivity contribution in [1.29, 1.82) is 0 Å². The molecule has 5 amide bonds. The molecule has 0 unspecified atom stereocenters. The van der Waals surface area contributed by atoms with Crippen molar-refractivity contribution in [2.75, 3.05) is 39.4 Å². The van der Waals surface area contributed by atoms with Crippen LogP contribution in [0.5, 0.6) is 5.75 Å². The number of carbonyl (C=O) groups is 5. The maximum absolute atomic E-state index is 13.3. The van der Waals surface area contributed by atoms with Crippen LogP contribution in [0.4, 0.5) is 0 Å². The molecule has 0 spiro atoms. The van der Waals surface area contributed by atoms with Gasteiger partial charge in [0.05, 0.1) is 12.5 Å². The van der Waals surface area contributed by atoms with E-state index in [1.807, 2.05) is 13.8 Å². The van der Waals surface area contributed by atoms with Crippen molar-refractivity contribution < 1.29 is 38.6 Å². The highest BCUT2D eigenvalue weighted by atomic mass is 16.5. The van der Waals surface area contributed by atoms with E-state index in [0.29, 0.717) is 69.7 Å². The number of ether oxygens (including phenoxy) is 2. The van der Waals surface area contributed by atoms with Crippen LogP contribution in [-0.4, -0.2) is 103 Å². The Hall–Kier alpha value is -3.71. The molecular weight excluding hydrogens is 582 g/mol. The third-order valence-corrected chi connectivity index (χ3v) is 7.65. The van der Waals surface area contributed by atoms with E-state index in [1.165, 1.54) is 6.92 Å². The predicted molar refractivity (Wildman–Crippen MR) is 166 cm³/mol. The fourth-order valence-corrected chi connectivity index (χ4v) is 5.29. The third-order valence-electron chi connectivity index (χ3n) is 7.65. The molecule has 2 aliphatic heterocycles. The second-order valence-corrected chi connectivity index (χ2v) is 12.1. The quantitative estimate of drug-likeness (QED) is 0.318. The zero-order chi connectivity index (χ0) is 32.8. The standard InChI is InChI=1S/C32H49N5O8/c1-21(2)17-25-30(41)36-29(22(3)38)31(42)34-12-4-5-14-37(32(43)26-11-7-16-44-26)15-8-13-33-28(40)20-45-24-10-6-9-23(18-24)19-27(39)35-25/h6,9-10,18,21-22,25-26,29,38H,4-5,7-8,11-17,19-20H2,1-3H3,(H,33,40)(H,34,42)(H,35,39)(H,36,41)/t22-,25-,26-,29+/m1/s1. The Morgan fingerprint density at radius 3 is 2.42 bits per heavy atom. The van der Waals surface area contributed by atoms with E-state index in [9.17, 15) is 29.1 Å². The van der Waals surface area contributed by atoms with Crippen molar-refractivity contribution in [3.63, 3.8) is 0 Å². The Balaban J connectivity index is 1.74. The monoisotopic (exact) mass is 631 g/mol. The Morgan fingerprint density at radius 2 is 1.71 bits per heavy atom. The Morgan fingerprint density at radius 1 is 0.956 bits per heavy atom. The van der Waals surface area contributed by atoms with Gasteiger partial charge in [-0.3, -0.25) is 24.0 Å². The summed E-state index contributed by atoms with van der Waals surface area (Å²) in [6.45, 7) is 7.12. The van der Waals surface area contributed by atoms with Gasteiger partial charge in [0.2, 0.25) is 17.7 Å². The van der Waals surface area contributed by atoms with E-state index in [2.05, 4.69) is 21.3 Å². The lowest BCUT2D eigenvalue weighted by atomic mass is 10.0. The van der Waals surface area contributed by atoms with E-state index < -0.39 is 42.0 Å². The molecule has 3 rings (SSSR count). The summed E-state index contributed by atoms with van der Waals surface area (Å²) in [5.41, 5.74) is 0.626. The zero-order valence-electron chi connectivity index (χ0n) is 26.6. The first kappa shape index (κ1) is 35.8. The van der Waals surface area contributed by atoms with E-state index in [1.54, 1.807) is 29.2 Å². The highest BCUT2D eigenvalue weighted by molar-refractivity contribution is 5.92. The molecule has 45 heavy (non-hydrogen) atoms. The van der Waals surface area contributed by atoms with Gasteiger partial charge in [-0.2, -0.15) is 0 Å². The molecule has 0 radical (unpaired) electrons. The van der Waals surface area contributed by atoms with Gasteiger partial charge in [0.25, 0.3) is 11.8 Å². The van der Waals surface area contributed by atoms with Crippen LogP contribution in [0.2, 0.25) is 0 Å². The van der Waals surface area contributed by atoms with Gasteiger partial charge in [-0.15, -0.1) is 0 Å². The van der Waals surface area contributed by atoms with Crippen molar-refractivity contribution in [3.05, 3.63) is 29.8 Å². The lowest BCUT2D eigenvalue weighted by molar-refractivity contribution is -0.141. The fraction of sp³-hybridized carbons (Fsp3) is 0.656. The van der Waals surface area contributed by atoms with Crippen LogP contribution >= 0.6 is 0 Å². The van der Waals surface area contributed by atoms with Gasteiger partial charge in [-0.25, -0.2) is 0 Å². The molecule has 13 nitrogen and oxygen atoms in total. The average Bonchev–Trinajstić information content (AvgIpc) is 3.53. The number of amides is 5. The first-order valence-corrected chi connectivity index (χ1v) is 16.0. The number of hydrogen-bond donors (Lipinski definition) is 5. The molecule has 5 N–H and O–H groups in total. The number of carbonyl (C=O) groups excluding carboxylic acids is 5. The molecule has 0 aliphatic carbocycles. The smallest absolute Gasteiger partial charge is 0.257 e. The Kier molecular flexibility index (Phi) is 14.5. The number of fused-ring (bicyclic) bond motifs is 2. The first-order valence-electron chi connectivity index (χ1n) is 16.0. The number of nitrogens with zero attached hydrogens (tertiary/aromatic N) is 1. The van der Waals surface area contributed by atoms with Crippen molar-refractivity contribution >= 4 is 29.5 Å². The molecule has 0 aromatic heterocycles. The Bertz CT molecular complexity index is 1150. The largest absolute Gasteiger partial charge is 0.484 e. The van der Waals surface area contributed by atoms with Gasteiger partial charge in [0, 0.05) is 32.8 Å². The third kappa shape index (κ3) is 12.3. The van der Waals surface area contributed by atoms with Crippen molar-refractivity contribution in [3.8, 4) is 5.75 Å². The minimum atomic E-state index is -1.21. The maximum atomic E-state index is 13.3. The minimum Gasteiger partial charge on any atom is -0.484 e. The van der Waals surface area contributed by atoms with Gasteiger partial charge in [0.15, 0.2) is 6.61 Å². The summed E-state index contributed by atoms with van der Waals surface area (Å²) in [6, 6.07) is 4.66. The first-order chi connectivity index (χ1) is 21.5. The van der Waals surface area contributed by atoms with Crippen molar-refractivity contribution in [2.45, 2.75) is 90.0 Å². The van der Waals surface area contributed by atoms with Crippen LogP contribution < -0.4 is 26.0 Å². The molecule has 1 aromatic carbocycles. The fourth-order valence-electron chi connectivity index (χ4n) is 5.29. The average molecular weight is 632 g/mol. The van der Waals surface area contributed by atoms with Crippen molar-refractivity contribution in [1.82, 2.24) is 26.2 Å². The molecule has 2 heterocycles. The molecule has 250 valence electrons. The number of hydrogen-bond acceptors (Lipinski definition) is 8. The maximum Gasteiger partial charge on any atom is 0.257 e. The second-order valence-electron chi connectivity index (χ2n) is 12.1. The normalized spacial score (nSPS) is 24.4. The molecule has 13 heteroatoms. The highest BCUT2D eigenvalue weighted by Crippen LogP contribution is 2.16. The van der Waals surface area contributed by atoms with E-state index in [0.717, 1.165) is 6.42 Å². The number of nitrogens with one attached hydrogen (secondary N) is 4.